The Hall–Kier alpha value is -3.81. The molecule has 0 atom stereocenters. The predicted octanol–water partition coefficient (Wildman–Crippen LogP) is 2.23. The predicted molar refractivity (Wildman–Crippen MR) is 105 cm³/mol. The first-order valence-corrected chi connectivity index (χ1v) is 8.76. The maximum absolute atomic E-state index is 12.7. The number of anilines is 1. The Bertz CT molecular complexity index is 1210. The SMILES string of the molecule is Cc1ccc(NC(=O)Cn2cnc3c(nnn3-c3ccc(C)cc3)c2=O)cc1. The van der Waals surface area contributed by atoms with Gasteiger partial charge >= 0.3 is 0 Å². The summed E-state index contributed by atoms with van der Waals surface area (Å²) >= 11 is 0. The van der Waals surface area contributed by atoms with Crippen molar-refractivity contribution < 1.29 is 4.79 Å². The minimum Gasteiger partial charge on any atom is -0.325 e. The van der Waals surface area contributed by atoms with Crippen LogP contribution in [0.5, 0.6) is 0 Å². The summed E-state index contributed by atoms with van der Waals surface area (Å²) in [4.78, 5) is 29.3. The largest absolute Gasteiger partial charge is 0.325 e. The fourth-order valence-corrected chi connectivity index (χ4v) is 2.81. The molecule has 8 nitrogen and oxygen atoms in total. The minimum absolute atomic E-state index is 0.117. The van der Waals surface area contributed by atoms with Crippen LogP contribution in [0.1, 0.15) is 11.1 Å². The van der Waals surface area contributed by atoms with Crippen LogP contribution in [0.15, 0.2) is 59.7 Å². The lowest BCUT2D eigenvalue weighted by molar-refractivity contribution is -0.116. The summed E-state index contributed by atoms with van der Waals surface area (Å²) in [6.45, 7) is 3.80. The molecule has 0 fully saturated rings. The molecule has 28 heavy (non-hydrogen) atoms. The molecule has 1 amide bonds. The molecule has 0 aliphatic heterocycles. The molecule has 2 aromatic heterocycles. The summed E-state index contributed by atoms with van der Waals surface area (Å²) in [6.07, 6.45) is 1.34. The number of nitrogens with zero attached hydrogens (tertiary/aromatic N) is 5. The molecule has 0 radical (unpaired) electrons. The van der Waals surface area contributed by atoms with E-state index in [1.807, 2.05) is 62.4 Å². The number of carbonyl (C=O) groups is 1. The van der Waals surface area contributed by atoms with E-state index in [1.165, 1.54) is 15.6 Å². The number of fused-ring (bicyclic) bond motifs is 1. The average molecular weight is 374 g/mol. The molecule has 0 bridgehead atoms. The Morgan fingerprint density at radius 1 is 1.00 bits per heavy atom. The molecule has 8 heteroatoms. The van der Waals surface area contributed by atoms with Gasteiger partial charge in [0.15, 0.2) is 11.2 Å². The van der Waals surface area contributed by atoms with E-state index in [1.54, 1.807) is 0 Å². The molecule has 0 saturated carbocycles. The van der Waals surface area contributed by atoms with E-state index in [9.17, 15) is 9.59 Å². The summed E-state index contributed by atoms with van der Waals surface area (Å²) < 4.78 is 2.73. The van der Waals surface area contributed by atoms with Crippen molar-refractivity contribution in [2.75, 3.05) is 5.32 Å². The normalized spacial score (nSPS) is 10.9. The van der Waals surface area contributed by atoms with Crippen LogP contribution in [0.4, 0.5) is 5.69 Å². The fourth-order valence-electron chi connectivity index (χ4n) is 2.81. The molecule has 0 aliphatic carbocycles. The third-order valence-electron chi connectivity index (χ3n) is 4.36. The number of aryl methyl sites for hydroxylation is 2. The molecule has 0 saturated heterocycles. The summed E-state index contributed by atoms with van der Waals surface area (Å²) in [7, 11) is 0. The molecule has 0 unspecified atom stereocenters. The highest BCUT2D eigenvalue weighted by atomic mass is 16.2. The molecular formula is C20H18N6O2. The lowest BCUT2D eigenvalue weighted by Crippen LogP contribution is -2.28. The quantitative estimate of drug-likeness (QED) is 0.591. The minimum atomic E-state index is -0.414. The van der Waals surface area contributed by atoms with Gasteiger partial charge in [-0.2, -0.15) is 4.68 Å². The summed E-state index contributed by atoms with van der Waals surface area (Å²) in [5.41, 5.74) is 3.69. The Labute approximate surface area is 160 Å². The number of amides is 1. The van der Waals surface area contributed by atoms with Gasteiger partial charge in [0.05, 0.1) is 5.69 Å². The number of hydrogen-bond acceptors (Lipinski definition) is 5. The average Bonchev–Trinajstić information content (AvgIpc) is 3.11. The van der Waals surface area contributed by atoms with E-state index in [0.717, 1.165) is 16.8 Å². The van der Waals surface area contributed by atoms with Gasteiger partial charge in [0.25, 0.3) is 5.56 Å². The monoisotopic (exact) mass is 374 g/mol. The Morgan fingerprint density at radius 3 is 2.32 bits per heavy atom. The molecule has 0 aliphatic rings. The molecule has 2 heterocycles. The van der Waals surface area contributed by atoms with Gasteiger partial charge < -0.3 is 5.32 Å². The third-order valence-corrected chi connectivity index (χ3v) is 4.36. The van der Waals surface area contributed by atoms with Gasteiger partial charge in [-0.05, 0) is 38.1 Å². The van der Waals surface area contributed by atoms with Crippen LogP contribution in [-0.2, 0) is 11.3 Å². The highest BCUT2D eigenvalue weighted by Gasteiger charge is 2.14. The molecule has 4 rings (SSSR count). The van der Waals surface area contributed by atoms with Gasteiger partial charge in [0.1, 0.15) is 12.9 Å². The number of rotatable bonds is 4. The van der Waals surface area contributed by atoms with Gasteiger partial charge in [-0.25, -0.2) is 4.98 Å². The lowest BCUT2D eigenvalue weighted by atomic mass is 10.2. The number of carbonyl (C=O) groups excluding carboxylic acids is 1. The van der Waals surface area contributed by atoms with Gasteiger partial charge in [0, 0.05) is 5.69 Å². The fraction of sp³-hybridized carbons (Fsp3) is 0.150. The Kier molecular flexibility index (Phi) is 4.44. The first kappa shape index (κ1) is 17.6. The van der Waals surface area contributed by atoms with Crippen LogP contribution in [0.2, 0.25) is 0 Å². The van der Waals surface area contributed by atoms with Crippen LogP contribution in [-0.4, -0.2) is 30.5 Å². The van der Waals surface area contributed by atoms with Gasteiger partial charge in [0.2, 0.25) is 5.91 Å². The molecule has 2 aromatic carbocycles. The van der Waals surface area contributed by atoms with Crippen molar-refractivity contribution in [3.05, 3.63) is 76.3 Å². The second kappa shape index (κ2) is 7.07. The van der Waals surface area contributed by atoms with Crippen molar-refractivity contribution in [3.63, 3.8) is 0 Å². The van der Waals surface area contributed by atoms with Gasteiger partial charge in [-0.3, -0.25) is 14.2 Å². The number of benzene rings is 2. The maximum Gasteiger partial charge on any atom is 0.284 e. The second-order valence-electron chi connectivity index (χ2n) is 6.60. The van der Waals surface area contributed by atoms with Gasteiger partial charge in [-0.1, -0.05) is 40.6 Å². The molecular weight excluding hydrogens is 356 g/mol. The standard InChI is InChI=1S/C20H18N6O2/c1-13-3-7-15(8-4-13)22-17(27)11-25-12-21-19-18(20(25)28)23-24-26(19)16-9-5-14(2)6-10-16/h3-10,12H,11H2,1-2H3,(H,22,27). The van der Waals surface area contributed by atoms with E-state index < -0.39 is 5.56 Å². The van der Waals surface area contributed by atoms with Crippen LogP contribution >= 0.6 is 0 Å². The van der Waals surface area contributed by atoms with E-state index in [-0.39, 0.29) is 18.0 Å². The van der Waals surface area contributed by atoms with E-state index in [4.69, 9.17) is 0 Å². The zero-order valence-electron chi connectivity index (χ0n) is 15.5. The molecule has 140 valence electrons. The first-order chi connectivity index (χ1) is 13.5. The Morgan fingerprint density at radius 2 is 1.64 bits per heavy atom. The van der Waals surface area contributed by atoms with Crippen LogP contribution < -0.4 is 10.9 Å². The van der Waals surface area contributed by atoms with Crippen molar-refractivity contribution >= 4 is 22.8 Å². The van der Waals surface area contributed by atoms with Crippen LogP contribution in [0.25, 0.3) is 16.9 Å². The van der Waals surface area contributed by atoms with Crippen LogP contribution in [0.3, 0.4) is 0 Å². The number of aromatic nitrogens is 5. The summed E-state index contributed by atoms with van der Waals surface area (Å²) in [5, 5.41) is 10.8. The van der Waals surface area contributed by atoms with E-state index in [0.29, 0.717) is 11.3 Å². The van der Waals surface area contributed by atoms with E-state index >= 15 is 0 Å². The molecule has 0 spiro atoms. The summed E-state index contributed by atoms with van der Waals surface area (Å²) in [5.74, 6) is -0.321. The third kappa shape index (κ3) is 3.39. The smallest absolute Gasteiger partial charge is 0.284 e. The zero-order chi connectivity index (χ0) is 19.7. The van der Waals surface area contributed by atoms with Crippen molar-refractivity contribution in [1.82, 2.24) is 24.5 Å². The number of nitrogens with one attached hydrogen (secondary N) is 1. The Balaban J connectivity index is 1.60. The topological polar surface area (TPSA) is 94.7 Å². The lowest BCUT2D eigenvalue weighted by Gasteiger charge is -2.07. The van der Waals surface area contributed by atoms with Crippen molar-refractivity contribution in [2.24, 2.45) is 0 Å². The highest BCUT2D eigenvalue weighted by molar-refractivity contribution is 5.90. The first-order valence-electron chi connectivity index (χ1n) is 8.76. The van der Waals surface area contributed by atoms with E-state index in [2.05, 4.69) is 20.6 Å². The van der Waals surface area contributed by atoms with Crippen LogP contribution in [0, 0.1) is 13.8 Å². The van der Waals surface area contributed by atoms with Crippen molar-refractivity contribution in [3.8, 4) is 5.69 Å². The highest BCUT2D eigenvalue weighted by Crippen LogP contribution is 2.13. The van der Waals surface area contributed by atoms with Crippen molar-refractivity contribution in [2.45, 2.75) is 20.4 Å². The van der Waals surface area contributed by atoms with Crippen molar-refractivity contribution in [1.29, 1.82) is 0 Å². The second-order valence-corrected chi connectivity index (χ2v) is 6.60. The maximum atomic E-state index is 12.7. The molecule has 1 N–H and O–H groups in total. The number of hydrogen-bond donors (Lipinski definition) is 1. The zero-order valence-corrected chi connectivity index (χ0v) is 15.5. The summed E-state index contributed by atoms with van der Waals surface area (Å²) in [6, 6.07) is 15.1. The van der Waals surface area contributed by atoms with Gasteiger partial charge in [-0.15, -0.1) is 5.10 Å². The molecule has 4 aromatic rings.